The van der Waals surface area contributed by atoms with E-state index in [9.17, 15) is 4.79 Å². The minimum absolute atomic E-state index is 0.187. The van der Waals surface area contributed by atoms with Crippen molar-refractivity contribution < 1.29 is 9.53 Å². The first-order valence-electron chi connectivity index (χ1n) is 9.18. The number of ether oxygens (including phenoxy) is 1. The molecule has 5 nitrogen and oxygen atoms in total. The van der Waals surface area contributed by atoms with E-state index in [0.717, 1.165) is 28.6 Å². The van der Waals surface area contributed by atoms with Gasteiger partial charge in [0.1, 0.15) is 11.5 Å². The summed E-state index contributed by atoms with van der Waals surface area (Å²) in [6.45, 7) is 0. The van der Waals surface area contributed by atoms with Crippen LogP contribution in [0.3, 0.4) is 0 Å². The van der Waals surface area contributed by atoms with Gasteiger partial charge in [-0.1, -0.05) is 18.2 Å². The van der Waals surface area contributed by atoms with E-state index in [2.05, 4.69) is 15.6 Å². The Balaban J connectivity index is 1.35. The summed E-state index contributed by atoms with van der Waals surface area (Å²) in [4.78, 5) is 16.1. The van der Waals surface area contributed by atoms with Crippen molar-refractivity contribution in [2.45, 2.75) is 0 Å². The summed E-state index contributed by atoms with van der Waals surface area (Å²) >= 11 is 0. The zero-order valence-corrected chi connectivity index (χ0v) is 15.6. The van der Waals surface area contributed by atoms with Crippen LogP contribution in [0.1, 0.15) is 10.4 Å². The lowest BCUT2D eigenvalue weighted by Gasteiger charge is -2.10. The van der Waals surface area contributed by atoms with Crippen molar-refractivity contribution in [1.82, 2.24) is 4.98 Å². The van der Waals surface area contributed by atoms with E-state index in [1.165, 1.54) is 6.20 Å². The Kier molecular flexibility index (Phi) is 5.48. The first-order chi connectivity index (χ1) is 14.3. The lowest BCUT2D eigenvalue weighted by molar-refractivity contribution is 0.102. The van der Waals surface area contributed by atoms with Crippen molar-refractivity contribution in [1.29, 1.82) is 0 Å². The van der Waals surface area contributed by atoms with Gasteiger partial charge < -0.3 is 15.4 Å². The van der Waals surface area contributed by atoms with Crippen LogP contribution in [-0.4, -0.2) is 10.9 Å². The third-order valence-corrected chi connectivity index (χ3v) is 4.19. The van der Waals surface area contributed by atoms with Crippen molar-refractivity contribution >= 4 is 23.0 Å². The Labute approximate surface area is 169 Å². The molecule has 1 heterocycles. The molecule has 5 heteroatoms. The summed E-state index contributed by atoms with van der Waals surface area (Å²) in [5, 5.41) is 6.19. The number of rotatable bonds is 6. The summed E-state index contributed by atoms with van der Waals surface area (Å²) in [7, 11) is 0. The molecule has 142 valence electrons. The van der Waals surface area contributed by atoms with Gasteiger partial charge in [-0.2, -0.15) is 0 Å². The highest BCUT2D eigenvalue weighted by Crippen LogP contribution is 2.25. The number of hydrogen-bond acceptors (Lipinski definition) is 4. The second kappa shape index (κ2) is 8.71. The molecule has 0 saturated heterocycles. The van der Waals surface area contributed by atoms with Gasteiger partial charge in [0.15, 0.2) is 0 Å². The smallest absolute Gasteiger partial charge is 0.257 e. The molecule has 1 aromatic heterocycles. The predicted molar refractivity (Wildman–Crippen MR) is 115 cm³/mol. The molecular weight excluding hydrogens is 362 g/mol. The Morgan fingerprint density at radius 1 is 0.690 bits per heavy atom. The van der Waals surface area contributed by atoms with Crippen LogP contribution < -0.4 is 15.4 Å². The van der Waals surface area contributed by atoms with Crippen LogP contribution in [0, 0.1) is 0 Å². The van der Waals surface area contributed by atoms with E-state index in [-0.39, 0.29) is 5.91 Å². The fraction of sp³-hybridized carbons (Fsp3) is 0. The van der Waals surface area contributed by atoms with Crippen molar-refractivity contribution in [2.24, 2.45) is 0 Å². The highest BCUT2D eigenvalue weighted by molar-refractivity contribution is 6.04. The normalized spacial score (nSPS) is 10.2. The minimum atomic E-state index is -0.187. The number of amides is 1. The fourth-order valence-corrected chi connectivity index (χ4v) is 2.73. The maximum absolute atomic E-state index is 12.2. The molecule has 0 bridgehead atoms. The zero-order chi connectivity index (χ0) is 19.9. The van der Waals surface area contributed by atoms with Gasteiger partial charge in [0, 0.05) is 29.5 Å². The van der Waals surface area contributed by atoms with Gasteiger partial charge in [-0.05, 0) is 72.8 Å². The van der Waals surface area contributed by atoms with Gasteiger partial charge in [-0.15, -0.1) is 0 Å². The standard InChI is InChI=1S/C24H19N3O2/c28-24(18-5-4-16-25-17-18)27-21-10-8-19(9-11-21)26-20-12-14-23(15-13-20)29-22-6-2-1-3-7-22/h1-17,26H,(H,27,28). The topological polar surface area (TPSA) is 63.2 Å². The van der Waals surface area contributed by atoms with Crippen LogP contribution in [0.25, 0.3) is 0 Å². The second-order valence-corrected chi connectivity index (χ2v) is 6.34. The lowest BCUT2D eigenvalue weighted by Crippen LogP contribution is -2.11. The fourth-order valence-electron chi connectivity index (χ4n) is 2.73. The highest BCUT2D eigenvalue weighted by atomic mass is 16.5. The number of carbonyl (C=O) groups is 1. The number of pyridine rings is 1. The lowest BCUT2D eigenvalue weighted by atomic mass is 10.2. The van der Waals surface area contributed by atoms with Gasteiger partial charge in [-0.3, -0.25) is 9.78 Å². The Morgan fingerprint density at radius 3 is 1.97 bits per heavy atom. The maximum Gasteiger partial charge on any atom is 0.257 e. The summed E-state index contributed by atoms with van der Waals surface area (Å²) < 4.78 is 5.80. The monoisotopic (exact) mass is 381 g/mol. The number of anilines is 3. The molecule has 0 atom stereocenters. The van der Waals surface area contributed by atoms with Crippen molar-refractivity contribution in [2.75, 3.05) is 10.6 Å². The highest BCUT2D eigenvalue weighted by Gasteiger charge is 2.05. The van der Waals surface area contributed by atoms with E-state index < -0.39 is 0 Å². The molecule has 0 aliphatic rings. The van der Waals surface area contributed by atoms with Crippen LogP contribution in [0.5, 0.6) is 11.5 Å². The predicted octanol–water partition coefficient (Wildman–Crippen LogP) is 5.87. The quantitative estimate of drug-likeness (QED) is 0.438. The van der Waals surface area contributed by atoms with Crippen molar-refractivity contribution in [3.05, 3.63) is 109 Å². The maximum atomic E-state index is 12.2. The molecule has 0 spiro atoms. The van der Waals surface area contributed by atoms with E-state index in [1.807, 2.05) is 78.9 Å². The Morgan fingerprint density at radius 2 is 1.31 bits per heavy atom. The number of aromatic nitrogens is 1. The molecule has 0 radical (unpaired) electrons. The molecule has 2 N–H and O–H groups in total. The third-order valence-electron chi connectivity index (χ3n) is 4.19. The SMILES string of the molecule is O=C(Nc1ccc(Nc2ccc(Oc3ccccc3)cc2)cc1)c1cccnc1. The van der Waals surface area contributed by atoms with Crippen molar-refractivity contribution in [3.63, 3.8) is 0 Å². The number of nitrogens with zero attached hydrogens (tertiary/aromatic N) is 1. The summed E-state index contributed by atoms with van der Waals surface area (Å²) in [6, 6.07) is 28.4. The number of carbonyl (C=O) groups excluding carboxylic acids is 1. The molecular formula is C24H19N3O2. The molecule has 4 rings (SSSR count). The number of para-hydroxylation sites is 1. The van der Waals surface area contributed by atoms with Gasteiger partial charge in [-0.25, -0.2) is 0 Å². The Bertz CT molecular complexity index is 1060. The molecule has 3 aromatic carbocycles. The first kappa shape index (κ1) is 18.3. The van der Waals surface area contributed by atoms with Crippen LogP contribution in [0.4, 0.5) is 17.1 Å². The van der Waals surface area contributed by atoms with Crippen LogP contribution in [-0.2, 0) is 0 Å². The summed E-state index contributed by atoms with van der Waals surface area (Å²) in [6.07, 6.45) is 3.17. The molecule has 0 unspecified atom stereocenters. The second-order valence-electron chi connectivity index (χ2n) is 6.34. The van der Waals surface area contributed by atoms with Gasteiger partial charge >= 0.3 is 0 Å². The van der Waals surface area contributed by atoms with E-state index in [1.54, 1.807) is 18.3 Å². The summed E-state index contributed by atoms with van der Waals surface area (Å²) in [5.41, 5.74) is 3.10. The largest absolute Gasteiger partial charge is 0.457 e. The molecule has 29 heavy (non-hydrogen) atoms. The molecule has 0 aliphatic carbocycles. The van der Waals surface area contributed by atoms with Gasteiger partial charge in [0.05, 0.1) is 5.56 Å². The van der Waals surface area contributed by atoms with E-state index in [0.29, 0.717) is 5.56 Å². The number of benzene rings is 3. The minimum Gasteiger partial charge on any atom is -0.457 e. The van der Waals surface area contributed by atoms with Crippen molar-refractivity contribution in [3.8, 4) is 11.5 Å². The van der Waals surface area contributed by atoms with Crippen LogP contribution in [0.15, 0.2) is 103 Å². The molecule has 0 saturated carbocycles. The molecule has 0 fully saturated rings. The van der Waals surface area contributed by atoms with Crippen LogP contribution >= 0.6 is 0 Å². The molecule has 4 aromatic rings. The average molecular weight is 381 g/mol. The average Bonchev–Trinajstić information content (AvgIpc) is 2.78. The molecule has 1 amide bonds. The third kappa shape index (κ3) is 4.99. The Hall–Kier alpha value is -4.12. The molecule has 0 aliphatic heterocycles. The zero-order valence-electron chi connectivity index (χ0n) is 15.6. The number of hydrogen-bond donors (Lipinski definition) is 2. The van der Waals surface area contributed by atoms with E-state index in [4.69, 9.17) is 4.74 Å². The number of nitrogens with one attached hydrogen (secondary N) is 2. The van der Waals surface area contributed by atoms with Crippen LogP contribution in [0.2, 0.25) is 0 Å². The van der Waals surface area contributed by atoms with Gasteiger partial charge in [0.2, 0.25) is 0 Å². The van der Waals surface area contributed by atoms with E-state index >= 15 is 0 Å². The van der Waals surface area contributed by atoms with Gasteiger partial charge in [0.25, 0.3) is 5.91 Å². The first-order valence-corrected chi connectivity index (χ1v) is 9.18. The summed E-state index contributed by atoms with van der Waals surface area (Å²) in [5.74, 6) is 1.39.